The lowest BCUT2D eigenvalue weighted by atomic mass is 10.3. The number of nitrogens with one attached hydrogen (secondary N) is 2. The maximum atomic E-state index is 12.5. The summed E-state index contributed by atoms with van der Waals surface area (Å²) in [4.78, 5) is 13.7. The fourth-order valence-corrected chi connectivity index (χ4v) is 3.80. The quantitative estimate of drug-likeness (QED) is 0.719. The Kier molecular flexibility index (Phi) is 6.75. The minimum atomic E-state index is -3.82. The van der Waals surface area contributed by atoms with Crippen LogP contribution in [-0.4, -0.2) is 32.4 Å². The molecule has 0 spiro atoms. The van der Waals surface area contributed by atoms with Crippen LogP contribution in [0.3, 0.4) is 0 Å². The maximum Gasteiger partial charge on any atom is 0.321 e. The van der Waals surface area contributed by atoms with Gasteiger partial charge in [0, 0.05) is 23.8 Å². The maximum absolute atomic E-state index is 12.5. The summed E-state index contributed by atoms with van der Waals surface area (Å²) in [6.45, 7) is 4.93. The Balaban J connectivity index is 2.14. The van der Waals surface area contributed by atoms with Crippen molar-refractivity contribution < 1.29 is 13.2 Å². The second kappa shape index (κ2) is 8.62. The minimum absolute atomic E-state index is 0.0457. The van der Waals surface area contributed by atoms with E-state index in [9.17, 15) is 13.2 Å². The summed E-state index contributed by atoms with van der Waals surface area (Å²) in [7, 11) is -3.82. The molecule has 0 radical (unpaired) electrons. The average molecular weight is 416 g/mol. The van der Waals surface area contributed by atoms with Crippen LogP contribution in [0.4, 0.5) is 16.2 Å². The molecule has 2 aromatic rings. The molecule has 0 heterocycles. The topological polar surface area (TPSA) is 78.5 Å². The van der Waals surface area contributed by atoms with E-state index >= 15 is 0 Å². The minimum Gasteiger partial charge on any atom is -0.325 e. The van der Waals surface area contributed by atoms with Gasteiger partial charge in [-0.1, -0.05) is 23.2 Å². The number of carbonyl (C=O) groups excluding carboxylic acids is 1. The van der Waals surface area contributed by atoms with Gasteiger partial charge in [-0.25, -0.2) is 13.2 Å². The highest BCUT2D eigenvalue weighted by Gasteiger charge is 2.16. The van der Waals surface area contributed by atoms with Crippen molar-refractivity contribution in [1.29, 1.82) is 0 Å². The highest BCUT2D eigenvalue weighted by Crippen LogP contribution is 2.27. The van der Waals surface area contributed by atoms with Crippen LogP contribution in [0.1, 0.15) is 13.8 Å². The van der Waals surface area contributed by atoms with E-state index in [0.29, 0.717) is 23.8 Å². The van der Waals surface area contributed by atoms with Crippen LogP contribution in [0.2, 0.25) is 10.0 Å². The second-order valence-corrected chi connectivity index (χ2v) is 7.88. The third-order valence-corrected chi connectivity index (χ3v) is 5.57. The molecule has 0 bridgehead atoms. The Bertz CT molecular complexity index is 883. The number of halogens is 2. The number of hydrogen-bond donors (Lipinski definition) is 2. The van der Waals surface area contributed by atoms with Gasteiger partial charge < -0.3 is 10.2 Å². The molecule has 0 fully saturated rings. The number of sulfonamides is 1. The normalized spacial score (nSPS) is 11.1. The van der Waals surface area contributed by atoms with E-state index in [2.05, 4.69) is 10.0 Å². The molecule has 0 unspecified atom stereocenters. The summed E-state index contributed by atoms with van der Waals surface area (Å²) < 4.78 is 27.4. The standard InChI is InChI=1S/C17H19Cl2N3O3S/c1-3-22(4-2)17(23)20-13-6-8-14(9-7-13)26(24,25)21-16-10-5-12(18)11-15(16)19/h5-11,21H,3-4H2,1-2H3,(H,20,23). The van der Waals surface area contributed by atoms with E-state index in [0.717, 1.165) is 0 Å². The largest absolute Gasteiger partial charge is 0.325 e. The molecular weight excluding hydrogens is 397 g/mol. The van der Waals surface area contributed by atoms with Gasteiger partial charge in [-0.3, -0.25) is 4.72 Å². The van der Waals surface area contributed by atoms with E-state index in [4.69, 9.17) is 23.2 Å². The summed E-state index contributed by atoms with van der Waals surface area (Å²) in [5, 5.41) is 3.33. The van der Waals surface area contributed by atoms with Gasteiger partial charge in [0.15, 0.2) is 0 Å². The van der Waals surface area contributed by atoms with Gasteiger partial charge in [0.05, 0.1) is 15.6 Å². The molecule has 0 saturated carbocycles. The molecule has 2 aromatic carbocycles. The number of anilines is 2. The van der Waals surface area contributed by atoms with Crippen LogP contribution in [0.25, 0.3) is 0 Å². The van der Waals surface area contributed by atoms with Crippen LogP contribution in [0, 0.1) is 0 Å². The van der Waals surface area contributed by atoms with E-state index in [-0.39, 0.29) is 21.6 Å². The lowest BCUT2D eigenvalue weighted by molar-refractivity contribution is 0.217. The third-order valence-electron chi connectivity index (χ3n) is 3.64. The molecule has 0 aliphatic carbocycles. The first-order valence-corrected chi connectivity index (χ1v) is 10.1. The van der Waals surface area contributed by atoms with E-state index < -0.39 is 10.0 Å². The zero-order chi connectivity index (χ0) is 19.3. The van der Waals surface area contributed by atoms with Crippen LogP contribution in [0.15, 0.2) is 47.4 Å². The predicted octanol–water partition coefficient (Wildman–Crippen LogP) is 4.67. The predicted molar refractivity (Wildman–Crippen MR) is 106 cm³/mol. The molecule has 2 amide bonds. The van der Waals surface area contributed by atoms with Crippen molar-refractivity contribution in [1.82, 2.24) is 4.90 Å². The summed E-state index contributed by atoms with van der Waals surface area (Å²) in [5.74, 6) is 0. The molecule has 0 aromatic heterocycles. The van der Waals surface area contributed by atoms with Gasteiger partial charge in [-0.2, -0.15) is 0 Å². The van der Waals surface area contributed by atoms with Gasteiger partial charge in [-0.15, -0.1) is 0 Å². The molecule has 0 aliphatic rings. The smallest absolute Gasteiger partial charge is 0.321 e. The molecule has 6 nitrogen and oxygen atoms in total. The van der Waals surface area contributed by atoms with E-state index in [1.807, 2.05) is 13.8 Å². The van der Waals surface area contributed by atoms with Crippen molar-refractivity contribution in [3.63, 3.8) is 0 Å². The number of amides is 2. The molecule has 26 heavy (non-hydrogen) atoms. The Morgan fingerprint density at radius 3 is 2.19 bits per heavy atom. The Hall–Kier alpha value is -1.96. The highest BCUT2D eigenvalue weighted by atomic mass is 35.5. The zero-order valence-corrected chi connectivity index (χ0v) is 16.6. The Labute approximate surface area is 163 Å². The second-order valence-electron chi connectivity index (χ2n) is 5.36. The number of urea groups is 1. The fourth-order valence-electron chi connectivity index (χ4n) is 2.21. The molecule has 0 saturated heterocycles. The molecule has 0 aliphatic heterocycles. The fraction of sp³-hybridized carbons (Fsp3) is 0.235. The molecular formula is C17H19Cl2N3O3S. The van der Waals surface area contributed by atoms with Crippen molar-refractivity contribution >= 4 is 50.6 Å². The van der Waals surface area contributed by atoms with Crippen molar-refractivity contribution in [2.24, 2.45) is 0 Å². The van der Waals surface area contributed by atoms with E-state index in [1.165, 1.54) is 42.5 Å². The van der Waals surface area contributed by atoms with Gasteiger partial charge in [0.2, 0.25) is 0 Å². The third kappa shape index (κ3) is 5.03. The molecule has 9 heteroatoms. The SMILES string of the molecule is CCN(CC)C(=O)Nc1ccc(S(=O)(=O)Nc2ccc(Cl)cc2Cl)cc1. The number of rotatable bonds is 6. The van der Waals surface area contributed by atoms with Crippen LogP contribution < -0.4 is 10.0 Å². The van der Waals surface area contributed by atoms with Gasteiger partial charge in [-0.05, 0) is 56.3 Å². The monoisotopic (exact) mass is 415 g/mol. The summed E-state index contributed by atoms with van der Waals surface area (Å²) in [6.07, 6.45) is 0. The van der Waals surface area contributed by atoms with E-state index in [1.54, 1.807) is 4.90 Å². The molecule has 2 rings (SSSR count). The van der Waals surface area contributed by atoms with Crippen molar-refractivity contribution in [2.45, 2.75) is 18.7 Å². The lowest BCUT2D eigenvalue weighted by Gasteiger charge is -2.19. The first-order valence-electron chi connectivity index (χ1n) is 7.90. The van der Waals surface area contributed by atoms with Gasteiger partial charge >= 0.3 is 6.03 Å². The molecule has 0 atom stereocenters. The Morgan fingerprint density at radius 1 is 1.04 bits per heavy atom. The summed E-state index contributed by atoms with van der Waals surface area (Å²) in [6, 6.07) is 10.1. The Morgan fingerprint density at radius 2 is 1.65 bits per heavy atom. The van der Waals surface area contributed by atoms with Gasteiger partial charge in [0.25, 0.3) is 10.0 Å². The van der Waals surface area contributed by atoms with Crippen LogP contribution in [-0.2, 0) is 10.0 Å². The number of nitrogens with zero attached hydrogens (tertiary/aromatic N) is 1. The first-order chi connectivity index (χ1) is 12.3. The lowest BCUT2D eigenvalue weighted by Crippen LogP contribution is -2.34. The average Bonchev–Trinajstić information content (AvgIpc) is 2.59. The number of benzene rings is 2. The number of carbonyl (C=O) groups is 1. The molecule has 140 valence electrons. The number of hydrogen-bond acceptors (Lipinski definition) is 3. The first kappa shape index (κ1) is 20.4. The summed E-state index contributed by atoms with van der Waals surface area (Å²) in [5.41, 5.74) is 0.736. The van der Waals surface area contributed by atoms with Crippen molar-refractivity contribution in [2.75, 3.05) is 23.1 Å². The van der Waals surface area contributed by atoms with Crippen molar-refractivity contribution in [3.05, 3.63) is 52.5 Å². The van der Waals surface area contributed by atoms with Gasteiger partial charge in [0.1, 0.15) is 0 Å². The van der Waals surface area contributed by atoms with Crippen molar-refractivity contribution in [3.8, 4) is 0 Å². The van der Waals surface area contributed by atoms with Crippen LogP contribution in [0.5, 0.6) is 0 Å². The highest BCUT2D eigenvalue weighted by molar-refractivity contribution is 7.92. The molecule has 2 N–H and O–H groups in total. The zero-order valence-electron chi connectivity index (χ0n) is 14.3. The van der Waals surface area contributed by atoms with Crippen LogP contribution >= 0.6 is 23.2 Å². The summed E-state index contributed by atoms with van der Waals surface area (Å²) >= 11 is 11.8.